The van der Waals surface area contributed by atoms with Crippen LogP contribution in [0.1, 0.15) is 17.2 Å². The van der Waals surface area contributed by atoms with Crippen LogP contribution in [0.4, 0.5) is 5.69 Å². The molecule has 0 aromatic heterocycles. The van der Waals surface area contributed by atoms with E-state index in [1.807, 2.05) is 77.7 Å². The molecule has 1 fully saturated rings. The highest BCUT2D eigenvalue weighted by atomic mass is 16.5. The highest BCUT2D eigenvalue weighted by Crippen LogP contribution is 2.44. The Hall–Kier alpha value is -3.53. The Balaban J connectivity index is 1.60. The first-order valence-electron chi connectivity index (χ1n) is 10.0. The lowest BCUT2D eigenvalue weighted by atomic mass is 9.81. The van der Waals surface area contributed by atoms with Gasteiger partial charge < -0.3 is 14.4 Å². The van der Waals surface area contributed by atoms with Crippen molar-refractivity contribution >= 4 is 11.6 Å². The fourth-order valence-electron chi connectivity index (χ4n) is 3.85. The standard InChI is InChI=1S/C26H25NO3/c1-29-22-15-11-20(12-16-22)25-24(10-6-9-19-7-4-3-5-8-19)26(28)27(25)21-13-17-23(30-2)18-14-21/h3-8,10-18,24-25H,9H2,1-2H3/b10-6+/t24-,25-/m1/s1. The van der Waals surface area contributed by atoms with Gasteiger partial charge in [0.2, 0.25) is 5.91 Å². The molecular formula is C26H25NO3. The quantitative estimate of drug-likeness (QED) is 0.405. The molecule has 4 nitrogen and oxygen atoms in total. The van der Waals surface area contributed by atoms with E-state index in [2.05, 4.69) is 18.2 Å². The van der Waals surface area contributed by atoms with Crippen LogP contribution in [0.3, 0.4) is 0 Å². The van der Waals surface area contributed by atoms with E-state index >= 15 is 0 Å². The normalized spacial score (nSPS) is 18.3. The van der Waals surface area contributed by atoms with Gasteiger partial charge in [0.25, 0.3) is 0 Å². The van der Waals surface area contributed by atoms with Gasteiger partial charge in [-0.05, 0) is 53.9 Å². The van der Waals surface area contributed by atoms with Crippen LogP contribution in [0.15, 0.2) is 91.0 Å². The average molecular weight is 399 g/mol. The summed E-state index contributed by atoms with van der Waals surface area (Å²) in [6.45, 7) is 0. The zero-order valence-electron chi connectivity index (χ0n) is 17.2. The maximum atomic E-state index is 13.1. The number of amides is 1. The van der Waals surface area contributed by atoms with Crippen molar-refractivity contribution in [2.45, 2.75) is 12.5 Å². The summed E-state index contributed by atoms with van der Waals surface area (Å²) in [6.07, 6.45) is 4.95. The monoisotopic (exact) mass is 399 g/mol. The second kappa shape index (κ2) is 8.87. The molecule has 0 unspecified atom stereocenters. The van der Waals surface area contributed by atoms with Gasteiger partial charge in [-0.2, -0.15) is 0 Å². The lowest BCUT2D eigenvalue weighted by Crippen LogP contribution is -2.54. The van der Waals surface area contributed by atoms with Crippen molar-refractivity contribution in [3.8, 4) is 11.5 Å². The van der Waals surface area contributed by atoms with Crippen LogP contribution in [-0.4, -0.2) is 20.1 Å². The van der Waals surface area contributed by atoms with Gasteiger partial charge in [-0.3, -0.25) is 4.79 Å². The first-order chi connectivity index (χ1) is 14.7. The van der Waals surface area contributed by atoms with E-state index in [1.165, 1.54) is 5.56 Å². The number of carbonyl (C=O) groups excluding carboxylic acids is 1. The van der Waals surface area contributed by atoms with Gasteiger partial charge in [-0.1, -0.05) is 54.6 Å². The van der Waals surface area contributed by atoms with E-state index in [0.717, 1.165) is 29.2 Å². The molecule has 3 aromatic carbocycles. The number of methoxy groups -OCH3 is 2. The van der Waals surface area contributed by atoms with E-state index in [0.29, 0.717) is 0 Å². The molecule has 1 aliphatic rings. The number of hydrogen-bond donors (Lipinski definition) is 0. The van der Waals surface area contributed by atoms with E-state index < -0.39 is 0 Å². The summed E-state index contributed by atoms with van der Waals surface area (Å²) in [5.41, 5.74) is 3.18. The first-order valence-corrected chi connectivity index (χ1v) is 10.0. The Morgan fingerprint density at radius 3 is 2.03 bits per heavy atom. The second-order valence-corrected chi connectivity index (χ2v) is 7.27. The van der Waals surface area contributed by atoms with Crippen molar-refractivity contribution in [3.05, 3.63) is 102 Å². The van der Waals surface area contributed by atoms with Crippen LogP contribution < -0.4 is 14.4 Å². The minimum atomic E-state index is -0.191. The highest BCUT2D eigenvalue weighted by molar-refractivity contribution is 6.04. The molecule has 30 heavy (non-hydrogen) atoms. The number of hydrogen-bond acceptors (Lipinski definition) is 3. The van der Waals surface area contributed by atoms with Gasteiger partial charge in [0, 0.05) is 5.69 Å². The van der Waals surface area contributed by atoms with Crippen LogP contribution in [0.5, 0.6) is 11.5 Å². The Morgan fingerprint density at radius 1 is 0.833 bits per heavy atom. The number of rotatable bonds is 7. The fourth-order valence-corrected chi connectivity index (χ4v) is 3.85. The van der Waals surface area contributed by atoms with Crippen LogP contribution in [-0.2, 0) is 11.2 Å². The summed E-state index contributed by atoms with van der Waals surface area (Å²) in [4.78, 5) is 14.9. The number of anilines is 1. The lowest BCUT2D eigenvalue weighted by Gasteiger charge is -2.46. The van der Waals surface area contributed by atoms with Crippen molar-refractivity contribution in [2.75, 3.05) is 19.1 Å². The molecule has 0 bridgehead atoms. The zero-order valence-corrected chi connectivity index (χ0v) is 17.2. The summed E-state index contributed by atoms with van der Waals surface area (Å²) in [5.74, 6) is 1.48. The number of nitrogens with zero attached hydrogens (tertiary/aromatic N) is 1. The third-order valence-corrected chi connectivity index (χ3v) is 5.49. The van der Waals surface area contributed by atoms with Gasteiger partial charge >= 0.3 is 0 Å². The summed E-state index contributed by atoms with van der Waals surface area (Å²) in [6, 6.07) is 25.8. The van der Waals surface area contributed by atoms with E-state index in [9.17, 15) is 4.79 Å². The summed E-state index contributed by atoms with van der Waals surface area (Å²) in [7, 11) is 3.29. The summed E-state index contributed by atoms with van der Waals surface area (Å²) >= 11 is 0. The minimum Gasteiger partial charge on any atom is -0.497 e. The van der Waals surface area contributed by atoms with Crippen LogP contribution in [0, 0.1) is 5.92 Å². The molecule has 0 N–H and O–H groups in total. The molecular weight excluding hydrogens is 374 g/mol. The fraction of sp³-hybridized carbons (Fsp3) is 0.192. The van der Waals surface area contributed by atoms with Crippen LogP contribution >= 0.6 is 0 Å². The predicted molar refractivity (Wildman–Crippen MR) is 119 cm³/mol. The van der Waals surface area contributed by atoms with Crippen molar-refractivity contribution in [1.82, 2.24) is 0 Å². The molecule has 4 rings (SSSR count). The van der Waals surface area contributed by atoms with Crippen molar-refractivity contribution in [3.63, 3.8) is 0 Å². The molecule has 1 amide bonds. The molecule has 1 saturated heterocycles. The molecule has 1 heterocycles. The average Bonchev–Trinajstić information content (AvgIpc) is 2.81. The Kier molecular flexibility index (Phi) is 5.84. The molecule has 1 aliphatic heterocycles. The van der Waals surface area contributed by atoms with Crippen LogP contribution in [0.25, 0.3) is 0 Å². The van der Waals surface area contributed by atoms with Crippen LogP contribution in [0.2, 0.25) is 0 Å². The van der Waals surface area contributed by atoms with Gasteiger partial charge in [0.1, 0.15) is 11.5 Å². The third kappa shape index (κ3) is 3.94. The van der Waals surface area contributed by atoms with Crippen molar-refractivity contribution in [1.29, 1.82) is 0 Å². The molecule has 3 aromatic rings. The Bertz CT molecular complexity index is 1010. The SMILES string of the molecule is COc1ccc([C@@H]2[C@@H](/C=C/Cc3ccccc3)C(=O)N2c2ccc(OC)cc2)cc1. The van der Waals surface area contributed by atoms with Gasteiger partial charge in [0.05, 0.1) is 26.2 Å². The maximum absolute atomic E-state index is 13.1. The molecule has 2 atom stereocenters. The minimum absolute atomic E-state index is 0.0520. The van der Waals surface area contributed by atoms with E-state index in [4.69, 9.17) is 9.47 Å². The Morgan fingerprint density at radius 2 is 1.43 bits per heavy atom. The third-order valence-electron chi connectivity index (χ3n) is 5.49. The highest BCUT2D eigenvalue weighted by Gasteiger charge is 2.47. The van der Waals surface area contributed by atoms with Crippen molar-refractivity contribution in [2.24, 2.45) is 5.92 Å². The molecule has 0 saturated carbocycles. The molecule has 0 spiro atoms. The molecule has 0 radical (unpaired) electrons. The second-order valence-electron chi connectivity index (χ2n) is 7.27. The van der Waals surface area contributed by atoms with Gasteiger partial charge in [-0.15, -0.1) is 0 Å². The van der Waals surface area contributed by atoms with E-state index in [-0.39, 0.29) is 17.9 Å². The smallest absolute Gasteiger partial charge is 0.236 e. The number of carbonyl (C=O) groups is 1. The number of ether oxygens (including phenoxy) is 2. The summed E-state index contributed by atoms with van der Waals surface area (Å²) in [5, 5.41) is 0. The largest absolute Gasteiger partial charge is 0.497 e. The zero-order chi connectivity index (χ0) is 20.9. The predicted octanol–water partition coefficient (Wildman–Crippen LogP) is 5.21. The van der Waals surface area contributed by atoms with Gasteiger partial charge in [-0.25, -0.2) is 0 Å². The lowest BCUT2D eigenvalue weighted by molar-refractivity contribution is -0.128. The Labute approximate surface area is 177 Å². The molecule has 0 aliphatic carbocycles. The number of allylic oxidation sites excluding steroid dienone is 1. The number of β-lactam (4-membered cyclic amide) rings is 1. The van der Waals surface area contributed by atoms with Gasteiger partial charge in [0.15, 0.2) is 0 Å². The first kappa shape index (κ1) is 19.8. The molecule has 4 heteroatoms. The van der Waals surface area contributed by atoms with Crippen molar-refractivity contribution < 1.29 is 14.3 Å². The van der Waals surface area contributed by atoms with E-state index in [1.54, 1.807) is 14.2 Å². The number of benzene rings is 3. The summed E-state index contributed by atoms with van der Waals surface area (Å²) < 4.78 is 10.5. The molecule has 152 valence electrons. The maximum Gasteiger partial charge on any atom is 0.236 e. The topological polar surface area (TPSA) is 38.8 Å².